The van der Waals surface area contributed by atoms with E-state index in [1.54, 1.807) is 0 Å². The van der Waals surface area contributed by atoms with Crippen LogP contribution in [0.3, 0.4) is 0 Å². The predicted octanol–water partition coefficient (Wildman–Crippen LogP) is 1.42. The molecule has 0 aliphatic carbocycles. The van der Waals surface area contributed by atoms with Crippen LogP contribution in [0.5, 0.6) is 0 Å². The summed E-state index contributed by atoms with van der Waals surface area (Å²) in [6, 6.07) is 3.49. The Hall–Kier alpha value is -1.46. The van der Waals surface area contributed by atoms with Gasteiger partial charge in [0.05, 0.1) is 9.95 Å². The Labute approximate surface area is 84.1 Å². The predicted molar refractivity (Wildman–Crippen MR) is 49.5 cm³/mol. The van der Waals surface area contributed by atoms with E-state index in [0.717, 1.165) is 6.07 Å². The molecule has 0 aliphatic rings. The number of nitro benzene ring substituents is 1. The maximum atomic E-state index is 11.1. The van der Waals surface area contributed by atoms with Crippen molar-refractivity contribution in [3.05, 3.63) is 38.9 Å². The summed E-state index contributed by atoms with van der Waals surface area (Å²) < 4.78 is 0. The molecule has 0 atom stereocenters. The van der Waals surface area contributed by atoms with Crippen LogP contribution in [-0.4, -0.2) is 22.4 Å². The largest absolute Gasteiger partial charge is 0.388 e. The van der Waals surface area contributed by atoms with Crippen LogP contribution in [0.15, 0.2) is 18.2 Å². The van der Waals surface area contributed by atoms with E-state index in [1.165, 1.54) is 12.1 Å². The molecule has 0 aromatic heterocycles. The summed E-state index contributed by atoms with van der Waals surface area (Å²) in [6.45, 7) is -0.721. The van der Waals surface area contributed by atoms with Crippen LogP contribution in [-0.2, 0) is 0 Å². The van der Waals surface area contributed by atoms with Gasteiger partial charge in [-0.15, -0.1) is 0 Å². The Kier molecular flexibility index (Phi) is 3.16. The highest BCUT2D eigenvalue weighted by molar-refractivity contribution is 6.34. The molecule has 0 saturated carbocycles. The number of non-ortho nitro benzene ring substituents is 1. The quantitative estimate of drug-likeness (QED) is 0.470. The Morgan fingerprint density at radius 3 is 2.71 bits per heavy atom. The fourth-order valence-electron chi connectivity index (χ4n) is 0.926. The Morgan fingerprint density at radius 1 is 1.57 bits per heavy atom. The number of carbonyl (C=O) groups is 1. The summed E-state index contributed by atoms with van der Waals surface area (Å²) in [5.41, 5.74) is -0.269. The molecular weight excluding hydrogens is 210 g/mol. The molecule has 0 fully saturated rings. The van der Waals surface area contributed by atoms with Crippen molar-refractivity contribution in [1.29, 1.82) is 0 Å². The van der Waals surface area contributed by atoms with E-state index in [2.05, 4.69) is 0 Å². The molecule has 0 unspecified atom stereocenters. The Morgan fingerprint density at radius 2 is 2.21 bits per heavy atom. The highest BCUT2D eigenvalue weighted by Gasteiger charge is 2.14. The van der Waals surface area contributed by atoms with Crippen molar-refractivity contribution in [3.63, 3.8) is 0 Å². The second kappa shape index (κ2) is 4.17. The van der Waals surface area contributed by atoms with Crippen molar-refractivity contribution in [3.8, 4) is 0 Å². The van der Waals surface area contributed by atoms with Gasteiger partial charge in [0, 0.05) is 17.7 Å². The Balaban J connectivity index is 3.21. The van der Waals surface area contributed by atoms with Crippen LogP contribution < -0.4 is 0 Å². The van der Waals surface area contributed by atoms with E-state index in [0.29, 0.717) is 0 Å². The van der Waals surface area contributed by atoms with E-state index in [1.807, 2.05) is 0 Å². The first kappa shape index (κ1) is 10.6. The number of ketones is 1. The van der Waals surface area contributed by atoms with Gasteiger partial charge in [0.15, 0.2) is 5.78 Å². The Bertz CT molecular complexity index is 391. The van der Waals surface area contributed by atoms with Crippen LogP contribution >= 0.6 is 11.6 Å². The number of hydrogen-bond acceptors (Lipinski definition) is 4. The second-order valence-electron chi connectivity index (χ2n) is 2.50. The first-order valence-corrected chi connectivity index (χ1v) is 4.02. The third-order valence-corrected chi connectivity index (χ3v) is 1.93. The number of nitrogens with zero attached hydrogens (tertiary/aromatic N) is 1. The molecule has 14 heavy (non-hydrogen) atoms. The third kappa shape index (κ3) is 2.07. The highest BCUT2D eigenvalue weighted by atomic mass is 35.5. The average Bonchev–Trinajstić information content (AvgIpc) is 2.17. The summed E-state index contributed by atoms with van der Waals surface area (Å²) in [5.74, 6) is -0.640. The van der Waals surface area contributed by atoms with Gasteiger partial charge in [-0.1, -0.05) is 11.6 Å². The molecule has 74 valence electrons. The number of Topliss-reactive ketones (excluding diaryl/α,β-unsaturated/α-hetero) is 1. The summed E-state index contributed by atoms with van der Waals surface area (Å²) in [4.78, 5) is 20.8. The lowest BCUT2D eigenvalue weighted by Crippen LogP contribution is -2.05. The van der Waals surface area contributed by atoms with Crippen molar-refractivity contribution in [2.45, 2.75) is 0 Å². The van der Waals surface area contributed by atoms with Crippen molar-refractivity contribution in [1.82, 2.24) is 0 Å². The molecule has 5 nitrogen and oxygen atoms in total. The number of halogens is 1. The minimum atomic E-state index is -0.721. The first-order valence-electron chi connectivity index (χ1n) is 3.64. The lowest BCUT2D eigenvalue weighted by molar-refractivity contribution is -0.384. The van der Waals surface area contributed by atoms with E-state index >= 15 is 0 Å². The number of nitro groups is 1. The number of hydrogen-bond donors (Lipinski definition) is 1. The molecule has 1 aromatic carbocycles. The van der Waals surface area contributed by atoms with Gasteiger partial charge in [0.2, 0.25) is 0 Å². The van der Waals surface area contributed by atoms with Crippen molar-refractivity contribution in [2.75, 3.05) is 6.61 Å². The van der Waals surface area contributed by atoms with Crippen LogP contribution in [0, 0.1) is 10.1 Å². The maximum Gasteiger partial charge on any atom is 0.270 e. The SMILES string of the molecule is O=C(CO)c1cc([N+](=O)[O-])ccc1Cl. The second-order valence-corrected chi connectivity index (χ2v) is 2.91. The van der Waals surface area contributed by atoms with Crippen molar-refractivity contribution in [2.24, 2.45) is 0 Å². The van der Waals surface area contributed by atoms with Gasteiger partial charge in [0.25, 0.3) is 5.69 Å². The standard InChI is InChI=1S/C8H6ClNO4/c9-7-2-1-5(10(13)14)3-6(7)8(12)4-11/h1-3,11H,4H2. The van der Waals surface area contributed by atoms with Gasteiger partial charge in [0.1, 0.15) is 6.61 Å². The number of rotatable bonds is 3. The van der Waals surface area contributed by atoms with E-state index < -0.39 is 17.3 Å². The minimum absolute atomic E-state index is 0.0385. The summed E-state index contributed by atoms with van der Waals surface area (Å²) in [7, 11) is 0. The molecule has 0 radical (unpaired) electrons. The lowest BCUT2D eigenvalue weighted by atomic mass is 10.1. The monoisotopic (exact) mass is 215 g/mol. The average molecular weight is 216 g/mol. The third-order valence-electron chi connectivity index (χ3n) is 1.60. The van der Waals surface area contributed by atoms with Gasteiger partial charge >= 0.3 is 0 Å². The maximum absolute atomic E-state index is 11.1. The molecule has 1 aromatic rings. The molecule has 0 amide bonds. The molecular formula is C8H6ClNO4. The van der Waals surface area contributed by atoms with Crippen LogP contribution in [0.25, 0.3) is 0 Å². The highest BCUT2D eigenvalue weighted by Crippen LogP contribution is 2.22. The molecule has 6 heteroatoms. The summed E-state index contributed by atoms with van der Waals surface area (Å²) in [6.07, 6.45) is 0. The number of aliphatic hydroxyl groups is 1. The van der Waals surface area contributed by atoms with Crippen molar-refractivity contribution < 1.29 is 14.8 Å². The zero-order valence-corrected chi connectivity index (χ0v) is 7.69. The van der Waals surface area contributed by atoms with Gasteiger partial charge in [-0.25, -0.2) is 0 Å². The van der Waals surface area contributed by atoms with E-state index in [9.17, 15) is 14.9 Å². The normalized spacial score (nSPS) is 9.86. The van der Waals surface area contributed by atoms with Crippen LogP contribution in [0.1, 0.15) is 10.4 Å². The van der Waals surface area contributed by atoms with Gasteiger partial charge in [-0.05, 0) is 6.07 Å². The summed E-state index contributed by atoms with van der Waals surface area (Å²) >= 11 is 5.62. The lowest BCUT2D eigenvalue weighted by Gasteiger charge is -2.00. The van der Waals surface area contributed by atoms with Crippen LogP contribution in [0.2, 0.25) is 5.02 Å². The number of carbonyl (C=O) groups excluding carboxylic acids is 1. The molecule has 0 aliphatic heterocycles. The fourth-order valence-corrected chi connectivity index (χ4v) is 1.15. The zero-order chi connectivity index (χ0) is 10.7. The van der Waals surface area contributed by atoms with Gasteiger partial charge in [-0.2, -0.15) is 0 Å². The van der Waals surface area contributed by atoms with Crippen molar-refractivity contribution >= 4 is 23.1 Å². The van der Waals surface area contributed by atoms with E-state index in [-0.39, 0.29) is 16.3 Å². The molecule has 0 spiro atoms. The number of aliphatic hydroxyl groups excluding tert-OH is 1. The van der Waals surface area contributed by atoms with Gasteiger partial charge in [-0.3, -0.25) is 14.9 Å². The number of benzene rings is 1. The van der Waals surface area contributed by atoms with Gasteiger partial charge < -0.3 is 5.11 Å². The smallest absolute Gasteiger partial charge is 0.270 e. The fraction of sp³-hybridized carbons (Fsp3) is 0.125. The topological polar surface area (TPSA) is 80.4 Å². The minimum Gasteiger partial charge on any atom is -0.388 e. The molecule has 1 rings (SSSR count). The molecule has 1 N–H and O–H groups in total. The summed E-state index contributed by atoms with van der Waals surface area (Å²) in [5, 5.41) is 19.0. The van der Waals surface area contributed by atoms with Crippen LogP contribution in [0.4, 0.5) is 5.69 Å². The zero-order valence-electron chi connectivity index (χ0n) is 6.94. The molecule has 0 saturated heterocycles. The molecule has 0 bridgehead atoms. The molecule has 0 heterocycles. The first-order chi connectivity index (χ1) is 6.56. The van der Waals surface area contributed by atoms with E-state index in [4.69, 9.17) is 16.7 Å².